The summed E-state index contributed by atoms with van der Waals surface area (Å²) < 4.78 is 11.0. The topological polar surface area (TPSA) is 59.0 Å². The molecule has 3 unspecified atom stereocenters. The normalized spacial score (nSPS) is 20.0. The lowest BCUT2D eigenvalue weighted by Gasteiger charge is -2.43. The summed E-state index contributed by atoms with van der Waals surface area (Å²) in [6.07, 6.45) is 3.08. The Morgan fingerprint density at radius 1 is 1.13 bits per heavy atom. The Morgan fingerprint density at radius 3 is 2.45 bits per heavy atom. The number of aliphatic hydroxyl groups excluding tert-OH is 1. The SMILES string of the molecule is CCC(CO)N1C(=O)C(CCOCc2ccc(OC)cc2)CCC1c1ccc(Cl)cc1. The molecule has 0 saturated carbocycles. The molecule has 3 atom stereocenters. The molecule has 0 spiro atoms. The summed E-state index contributed by atoms with van der Waals surface area (Å²) in [6.45, 7) is 3.01. The maximum absolute atomic E-state index is 13.4. The number of amides is 1. The summed E-state index contributed by atoms with van der Waals surface area (Å²) in [6, 6.07) is 15.3. The molecule has 2 aromatic rings. The number of carbonyl (C=O) groups excluding carboxylic acids is 1. The predicted octanol–water partition coefficient (Wildman–Crippen LogP) is 5.01. The lowest BCUT2D eigenvalue weighted by Crippen LogP contribution is -2.50. The van der Waals surface area contributed by atoms with Gasteiger partial charge in [0.15, 0.2) is 0 Å². The Kier molecular flexibility index (Phi) is 8.76. The number of hydrogen-bond acceptors (Lipinski definition) is 4. The number of halogens is 1. The van der Waals surface area contributed by atoms with Crippen LogP contribution in [0.2, 0.25) is 5.02 Å². The highest BCUT2D eigenvalue weighted by Crippen LogP contribution is 2.38. The van der Waals surface area contributed by atoms with E-state index in [1.807, 2.05) is 60.4 Å². The minimum absolute atomic E-state index is 0.0293. The number of nitrogens with zero attached hydrogens (tertiary/aromatic N) is 1. The van der Waals surface area contributed by atoms with Gasteiger partial charge in [-0.15, -0.1) is 0 Å². The highest BCUT2D eigenvalue weighted by atomic mass is 35.5. The fourth-order valence-electron chi connectivity index (χ4n) is 4.25. The van der Waals surface area contributed by atoms with Gasteiger partial charge in [0.05, 0.1) is 32.4 Å². The van der Waals surface area contributed by atoms with Crippen LogP contribution in [0.3, 0.4) is 0 Å². The summed E-state index contributed by atoms with van der Waals surface area (Å²) in [5.41, 5.74) is 2.14. The monoisotopic (exact) mass is 445 g/mol. The van der Waals surface area contributed by atoms with Crippen molar-refractivity contribution in [2.45, 2.75) is 51.3 Å². The van der Waals surface area contributed by atoms with Gasteiger partial charge in [0.2, 0.25) is 5.91 Å². The predicted molar refractivity (Wildman–Crippen MR) is 122 cm³/mol. The Hall–Kier alpha value is -2.08. The third kappa shape index (κ3) is 6.00. The van der Waals surface area contributed by atoms with E-state index in [9.17, 15) is 9.90 Å². The van der Waals surface area contributed by atoms with Crippen molar-refractivity contribution in [2.75, 3.05) is 20.3 Å². The molecule has 1 N–H and O–H groups in total. The highest BCUT2D eigenvalue weighted by Gasteiger charge is 2.38. The quantitative estimate of drug-likeness (QED) is 0.522. The molecular formula is C25H32ClNO4. The van der Waals surface area contributed by atoms with E-state index in [1.165, 1.54) is 0 Å². The molecule has 3 rings (SSSR count). The molecule has 1 aliphatic rings. The van der Waals surface area contributed by atoms with Crippen molar-refractivity contribution in [1.82, 2.24) is 4.90 Å². The Bertz CT molecular complexity index is 820. The Labute approximate surface area is 189 Å². The number of benzene rings is 2. The summed E-state index contributed by atoms with van der Waals surface area (Å²) in [7, 11) is 1.65. The summed E-state index contributed by atoms with van der Waals surface area (Å²) in [5, 5.41) is 10.6. The summed E-state index contributed by atoms with van der Waals surface area (Å²) in [4.78, 5) is 15.3. The number of aliphatic hydroxyl groups is 1. The number of methoxy groups -OCH3 is 1. The molecule has 1 fully saturated rings. The largest absolute Gasteiger partial charge is 0.497 e. The van der Waals surface area contributed by atoms with Crippen LogP contribution >= 0.6 is 11.6 Å². The molecule has 6 heteroatoms. The molecule has 0 aliphatic carbocycles. The van der Waals surface area contributed by atoms with Gasteiger partial charge >= 0.3 is 0 Å². The van der Waals surface area contributed by atoms with E-state index in [4.69, 9.17) is 21.1 Å². The van der Waals surface area contributed by atoms with Crippen molar-refractivity contribution in [3.8, 4) is 5.75 Å². The van der Waals surface area contributed by atoms with E-state index in [-0.39, 0.29) is 30.5 Å². The number of hydrogen-bond donors (Lipinski definition) is 1. The van der Waals surface area contributed by atoms with E-state index in [1.54, 1.807) is 7.11 Å². The fraction of sp³-hybridized carbons (Fsp3) is 0.480. The van der Waals surface area contributed by atoms with Gasteiger partial charge in [0.25, 0.3) is 0 Å². The minimum Gasteiger partial charge on any atom is -0.497 e. The molecule has 1 heterocycles. The number of carbonyl (C=O) groups is 1. The average Bonchev–Trinajstić information content (AvgIpc) is 2.80. The van der Waals surface area contributed by atoms with Crippen molar-refractivity contribution in [3.05, 3.63) is 64.7 Å². The van der Waals surface area contributed by atoms with Crippen LogP contribution in [-0.4, -0.2) is 42.3 Å². The maximum atomic E-state index is 13.4. The molecule has 1 aliphatic heterocycles. The van der Waals surface area contributed by atoms with Gasteiger partial charge in [-0.25, -0.2) is 0 Å². The van der Waals surface area contributed by atoms with Crippen molar-refractivity contribution >= 4 is 17.5 Å². The molecule has 2 aromatic carbocycles. The van der Waals surface area contributed by atoms with E-state index in [0.29, 0.717) is 31.1 Å². The second-order valence-corrected chi connectivity index (χ2v) is 8.46. The van der Waals surface area contributed by atoms with Gasteiger partial charge in [-0.2, -0.15) is 0 Å². The number of ether oxygens (including phenoxy) is 2. The molecule has 1 saturated heterocycles. The zero-order valence-electron chi connectivity index (χ0n) is 18.3. The van der Waals surface area contributed by atoms with Crippen LogP contribution in [0.4, 0.5) is 0 Å². The second kappa shape index (κ2) is 11.5. The van der Waals surface area contributed by atoms with Crippen LogP contribution in [0.1, 0.15) is 49.8 Å². The average molecular weight is 446 g/mol. The zero-order valence-corrected chi connectivity index (χ0v) is 19.1. The number of piperidine rings is 1. The first-order valence-corrected chi connectivity index (χ1v) is 11.3. The smallest absolute Gasteiger partial charge is 0.226 e. The molecule has 5 nitrogen and oxygen atoms in total. The van der Waals surface area contributed by atoms with Gasteiger partial charge < -0.3 is 19.5 Å². The van der Waals surface area contributed by atoms with Crippen molar-refractivity contribution in [3.63, 3.8) is 0 Å². The first-order chi connectivity index (χ1) is 15.1. The van der Waals surface area contributed by atoms with Crippen molar-refractivity contribution in [1.29, 1.82) is 0 Å². The minimum atomic E-state index is -0.184. The first kappa shape index (κ1) is 23.6. The van der Waals surface area contributed by atoms with Gasteiger partial charge in [-0.3, -0.25) is 4.79 Å². The third-order valence-electron chi connectivity index (χ3n) is 6.10. The van der Waals surface area contributed by atoms with Crippen LogP contribution in [-0.2, 0) is 16.1 Å². The number of likely N-dealkylation sites (tertiary alicyclic amines) is 1. The molecular weight excluding hydrogens is 414 g/mol. The standard InChI is InChI=1S/C25H32ClNO4/c1-3-22(16-28)27-24(19-6-9-21(26)10-7-19)13-8-20(25(27)29)14-15-31-17-18-4-11-23(30-2)12-5-18/h4-7,9-12,20,22,24,28H,3,8,13-17H2,1-2H3. The van der Waals surface area contributed by atoms with Gasteiger partial charge in [-0.05, 0) is 61.1 Å². The lowest BCUT2D eigenvalue weighted by atomic mass is 9.85. The van der Waals surface area contributed by atoms with Crippen LogP contribution < -0.4 is 4.74 Å². The van der Waals surface area contributed by atoms with Crippen molar-refractivity contribution in [2.24, 2.45) is 5.92 Å². The Morgan fingerprint density at radius 2 is 1.84 bits per heavy atom. The molecule has 1 amide bonds. The van der Waals surface area contributed by atoms with Gasteiger partial charge in [0.1, 0.15) is 5.75 Å². The van der Waals surface area contributed by atoms with Crippen LogP contribution in [0, 0.1) is 5.92 Å². The molecule has 168 valence electrons. The Balaban J connectivity index is 1.60. The van der Waals surface area contributed by atoms with E-state index < -0.39 is 0 Å². The summed E-state index contributed by atoms with van der Waals surface area (Å²) >= 11 is 6.05. The number of rotatable bonds is 10. The van der Waals surface area contributed by atoms with Gasteiger partial charge in [-0.1, -0.05) is 42.8 Å². The van der Waals surface area contributed by atoms with Crippen molar-refractivity contribution < 1.29 is 19.4 Å². The van der Waals surface area contributed by atoms with E-state index >= 15 is 0 Å². The summed E-state index contributed by atoms with van der Waals surface area (Å²) in [5.74, 6) is 0.849. The molecule has 0 bridgehead atoms. The molecule has 31 heavy (non-hydrogen) atoms. The second-order valence-electron chi connectivity index (χ2n) is 8.02. The first-order valence-electron chi connectivity index (χ1n) is 11.0. The zero-order chi connectivity index (χ0) is 22.2. The van der Waals surface area contributed by atoms with Gasteiger partial charge in [0, 0.05) is 17.5 Å². The van der Waals surface area contributed by atoms with Crippen LogP contribution in [0.25, 0.3) is 0 Å². The fourth-order valence-corrected chi connectivity index (χ4v) is 4.38. The molecule has 0 aromatic heterocycles. The third-order valence-corrected chi connectivity index (χ3v) is 6.35. The van der Waals surface area contributed by atoms with E-state index in [0.717, 1.165) is 29.7 Å². The lowest BCUT2D eigenvalue weighted by molar-refractivity contribution is -0.147. The maximum Gasteiger partial charge on any atom is 0.226 e. The van der Waals surface area contributed by atoms with Crippen LogP contribution in [0.15, 0.2) is 48.5 Å². The highest BCUT2D eigenvalue weighted by molar-refractivity contribution is 6.30. The van der Waals surface area contributed by atoms with E-state index in [2.05, 4.69) is 0 Å². The molecule has 0 radical (unpaired) electrons. The van der Waals surface area contributed by atoms with Crippen LogP contribution in [0.5, 0.6) is 5.75 Å².